The van der Waals surface area contributed by atoms with E-state index in [1.54, 1.807) is 0 Å². The molecule has 35 heavy (non-hydrogen) atoms. The van der Waals surface area contributed by atoms with Crippen molar-refractivity contribution in [3.05, 3.63) is 131 Å². The minimum Gasteiger partial charge on any atom is -0.492 e. The lowest BCUT2D eigenvalue weighted by Crippen LogP contribution is -2.25. The monoisotopic (exact) mass is 464 g/mol. The van der Waals surface area contributed by atoms with Gasteiger partial charge in [-0.3, -0.25) is 9.59 Å². The van der Waals surface area contributed by atoms with Crippen molar-refractivity contribution in [1.82, 2.24) is 0 Å². The Morgan fingerprint density at radius 1 is 0.600 bits per heavy atom. The molecule has 2 heterocycles. The molecule has 6 rings (SSSR count). The molecular formula is C31H28O4. The minimum absolute atomic E-state index is 0. The standard InChI is InChI=1S/2C15H12O2.CH4/c16-13-10-15(11-6-2-1-3-7-11)17-14-9-5-4-8-12(13)14;16-15-12-8-4-5-9-14(12)17-10-13(15)11-6-2-1-3-7-11;/h1-9,15H,10H2;1-9,13H,10H2;1H4. The van der Waals surface area contributed by atoms with Crippen LogP contribution in [0.4, 0.5) is 0 Å². The molecule has 2 unspecified atom stereocenters. The average molecular weight is 465 g/mol. The lowest BCUT2D eigenvalue weighted by Gasteiger charge is -2.25. The van der Waals surface area contributed by atoms with Gasteiger partial charge in [-0.25, -0.2) is 0 Å². The maximum Gasteiger partial charge on any atom is 0.177 e. The predicted molar refractivity (Wildman–Crippen MR) is 137 cm³/mol. The fourth-order valence-corrected chi connectivity index (χ4v) is 4.29. The molecular weight excluding hydrogens is 436 g/mol. The van der Waals surface area contributed by atoms with E-state index in [0.717, 1.165) is 11.1 Å². The van der Waals surface area contributed by atoms with Gasteiger partial charge in [-0.15, -0.1) is 0 Å². The number of hydrogen-bond acceptors (Lipinski definition) is 4. The van der Waals surface area contributed by atoms with E-state index in [1.807, 2.05) is 109 Å². The fraction of sp³-hybridized carbons (Fsp3) is 0.161. The summed E-state index contributed by atoms with van der Waals surface area (Å²) in [6.07, 6.45) is 0.264. The van der Waals surface area contributed by atoms with Crippen LogP contribution in [0.25, 0.3) is 0 Å². The number of ether oxygens (including phenoxy) is 2. The Labute approximate surface area is 206 Å². The minimum atomic E-state index is -0.175. The van der Waals surface area contributed by atoms with Crippen LogP contribution < -0.4 is 9.47 Å². The van der Waals surface area contributed by atoms with Crippen molar-refractivity contribution in [2.45, 2.75) is 25.9 Å². The van der Waals surface area contributed by atoms with Crippen molar-refractivity contribution < 1.29 is 19.1 Å². The van der Waals surface area contributed by atoms with Gasteiger partial charge in [0.1, 0.15) is 24.2 Å². The van der Waals surface area contributed by atoms with Crippen LogP contribution in [0, 0.1) is 0 Å². The van der Waals surface area contributed by atoms with Gasteiger partial charge in [-0.2, -0.15) is 0 Å². The van der Waals surface area contributed by atoms with E-state index in [9.17, 15) is 9.59 Å². The molecule has 176 valence electrons. The Morgan fingerprint density at radius 2 is 1.14 bits per heavy atom. The summed E-state index contributed by atoms with van der Waals surface area (Å²) in [5, 5.41) is 0. The summed E-state index contributed by atoms with van der Waals surface area (Å²) in [7, 11) is 0. The van der Waals surface area contributed by atoms with Gasteiger partial charge >= 0.3 is 0 Å². The molecule has 0 spiro atoms. The molecule has 4 aromatic rings. The third kappa shape index (κ3) is 5.17. The SMILES string of the molecule is C.O=C1CC(c2ccccc2)Oc2ccccc21.O=C1c2ccccc2OCC1c1ccccc1. The number of carbonyl (C=O) groups excluding carboxylic acids is 2. The van der Waals surface area contributed by atoms with E-state index in [4.69, 9.17) is 9.47 Å². The van der Waals surface area contributed by atoms with E-state index < -0.39 is 0 Å². The summed E-state index contributed by atoms with van der Waals surface area (Å²) in [4.78, 5) is 24.3. The number of ketones is 2. The van der Waals surface area contributed by atoms with Crippen LogP contribution in [0.15, 0.2) is 109 Å². The largest absolute Gasteiger partial charge is 0.492 e. The first-order chi connectivity index (χ1) is 16.7. The second kappa shape index (κ2) is 10.8. The number of hydrogen-bond donors (Lipinski definition) is 0. The molecule has 0 radical (unpaired) electrons. The molecule has 0 amide bonds. The van der Waals surface area contributed by atoms with Crippen molar-refractivity contribution in [2.24, 2.45) is 0 Å². The van der Waals surface area contributed by atoms with Crippen molar-refractivity contribution in [2.75, 3.05) is 6.61 Å². The molecule has 2 aliphatic heterocycles. The number of carbonyl (C=O) groups is 2. The molecule has 0 aliphatic carbocycles. The molecule has 4 heteroatoms. The van der Waals surface area contributed by atoms with E-state index in [0.29, 0.717) is 35.7 Å². The van der Waals surface area contributed by atoms with E-state index in [2.05, 4.69) is 0 Å². The molecule has 0 aromatic heterocycles. The van der Waals surface area contributed by atoms with Gasteiger partial charge in [-0.05, 0) is 35.4 Å². The second-order valence-corrected chi connectivity index (χ2v) is 8.28. The normalized spacial score (nSPS) is 17.8. The van der Waals surface area contributed by atoms with Crippen LogP contribution in [-0.4, -0.2) is 18.2 Å². The highest BCUT2D eigenvalue weighted by Gasteiger charge is 2.29. The van der Waals surface area contributed by atoms with Gasteiger partial charge in [-0.1, -0.05) is 92.4 Å². The third-order valence-electron chi connectivity index (χ3n) is 6.08. The Morgan fingerprint density at radius 3 is 1.83 bits per heavy atom. The highest BCUT2D eigenvalue weighted by molar-refractivity contribution is 6.04. The molecule has 0 fully saturated rings. The summed E-state index contributed by atoms with van der Waals surface area (Å²) in [5.74, 6) is 1.52. The number of Topliss-reactive ketones (excluding diaryl/α,β-unsaturated/α-hetero) is 2. The van der Waals surface area contributed by atoms with Crippen LogP contribution >= 0.6 is 0 Å². The number of rotatable bonds is 2. The van der Waals surface area contributed by atoms with E-state index in [1.165, 1.54) is 0 Å². The Kier molecular flexibility index (Phi) is 7.41. The molecule has 2 aliphatic rings. The van der Waals surface area contributed by atoms with Gasteiger partial charge in [0, 0.05) is 0 Å². The zero-order valence-corrected chi connectivity index (χ0v) is 18.6. The van der Waals surface area contributed by atoms with Crippen LogP contribution in [0.3, 0.4) is 0 Å². The van der Waals surface area contributed by atoms with Crippen LogP contribution in [0.1, 0.15) is 57.7 Å². The zero-order chi connectivity index (χ0) is 23.3. The van der Waals surface area contributed by atoms with Gasteiger partial charge < -0.3 is 9.47 Å². The maximum atomic E-state index is 12.3. The molecule has 0 saturated heterocycles. The summed E-state index contributed by atoms with van der Waals surface area (Å²) in [6, 6.07) is 34.5. The second-order valence-electron chi connectivity index (χ2n) is 8.28. The molecule has 0 N–H and O–H groups in total. The number of para-hydroxylation sites is 2. The maximum absolute atomic E-state index is 12.3. The molecule has 0 bridgehead atoms. The van der Waals surface area contributed by atoms with Crippen LogP contribution in [0.2, 0.25) is 0 Å². The smallest absolute Gasteiger partial charge is 0.177 e. The molecule has 4 aromatic carbocycles. The van der Waals surface area contributed by atoms with Crippen molar-refractivity contribution in [3.63, 3.8) is 0 Å². The fourth-order valence-electron chi connectivity index (χ4n) is 4.29. The quantitative estimate of drug-likeness (QED) is 0.318. The first-order valence-corrected chi connectivity index (χ1v) is 11.4. The summed E-state index contributed by atoms with van der Waals surface area (Å²) < 4.78 is 11.5. The first kappa shape index (κ1) is 24.0. The number of fused-ring (bicyclic) bond motifs is 2. The lowest BCUT2D eigenvalue weighted by molar-refractivity contribution is 0.0848. The van der Waals surface area contributed by atoms with Gasteiger partial charge in [0.15, 0.2) is 11.6 Å². The summed E-state index contributed by atoms with van der Waals surface area (Å²) in [5.41, 5.74) is 3.45. The van der Waals surface area contributed by atoms with Gasteiger partial charge in [0.2, 0.25) is 0 Å². The average Bonchev–Trinajstić information content (AvgIpc) is 2.90. The van der Waals surface area contributed by atoms with Gasteiger partial charge in [0.25, 0.3) is 0 Å². The van der Waals surface area contributed by atoms with E-state index in [-0.39, 0.29) is 31.0 Å². The Hall–Kier alpha value is -4.18. The zero-order valence-electron chi connectivity index (χ0n) is 18.6. The van der Waals surface area contributed by atoms with Gasteiger partial charge in [0.05, 0.1) is 23.5 Å². The highest BCUT2D eigenvalue weighted by Crippen LogP contribution is 2.34. The van der Waals surface area contributed by atoms with Crippen LogP contribution in [0.5, 0.6) is 11.5 Å². The molecule has 2 atom stereocenters. The summed E-state index contributed by atoms with van der Waals surface area (Å²) in [6.45, 7) is 0.430. The Balaban J connectivity index is 0.000000160. The highest BCUT2D eigenvalue weighted by atomic mass is 16.5. The van der Waals surface area contributed by atoms with Crippen molar-refractivity contribution >= 4 is 11.6 Å². The molecule has 0 saturated carbocycles. The third-order valence-corrected chi connectivity index (χ3v) is 6.08. The molecule has 4 nitrogen and oxygen atoms in total. The van der Waals surface area contributed by atoms with Crippen molar-refractivity contribution in [3.8, 4) is 11.5 Å². The van der Waals surface area contributed by atoms with E-state index >= 15 is 0 Å². The Bertz CT molecular complexity index is 1300. The lowest BCUT2D eigenvalue weighted by atomic mass is 9.89. The van der Waals surface area contributed by atoms with Crippen molar-refractivity contribution in [1.29, 1.82) is 0 Å². The first-order valence-electron chi connectivity index (χ1n) is 11.4. The van der Waals surface area contributed by atoms with Crippen LogP contribution in [-0.2, 0) is 0 Å². The topological polar surface area (TPSA) is 52.6 Å². The number of benzene rings is 4. The predicted octanol–water partition coefficient (Wildman–Crippen LogP) is 7.07. The summed E-state index contributed by atoms with van der Waals surface area (Å²) >= 11 is 0.